The Kier molecular flexibility index (Phi) is 7.11. The molecule has 0 spiro atoms. The molecule has 3 aromatic carbocycles. The molecule has 3 aromatic rings. The molecule has 1 unspecified atom stereocenters. The minimum Gasteiger partial charge on any atom is -0.508 e. The Bertz CT molecular complexity index is 1030. The highest BCUT2D eigenvalue weighted by Crippen LogP contribution is 2.43. The fourth-order valence-electron chi connectivity index (χ4n) is 5.32. The van der Waals surface area contributed by atoms with E-state index in [0.717, 1.165) is 54.7 Å². The van der Waals surface area contributed by atoms with Gasteiger partial charge in [0.05, 0.1) is 0 Å². The number of benzene rings is 3. The van der Waals surface area contributed by atoms with Crippen molar-refractivity contribution in [2.24, 2.45) is 11.7 Å². The largest absolute Gasteiger partial charge is 0.508 e. The summed E-state index contributed by atoms with van der Waals surface area (Å²) >= 11 is 0. The number of phenols is 1. The number of primary amides is 1. The monoisotopic (exact) mass is 444 g/mol. The lowest BCUT2D eigenvalue weighted by atomic mass is 9.64. The van der Waals surface area contributed by atoms with Crippen LogP contribution in [0.4, 0.5) is 0 Å². The molecule has 1 amide bonds. The zero-order valence-corrected chi connectivity index (χ0v) is 18.9. The quantitative estimate of drug-likeness (QED) is 0.473. The van der Waals surface area contributed by atoms with E-state index in [1.54, 1.807) is 6.07 Å². The average Bonchev–Trinajstić information content (AvgIpc) is 3.30. The molecule has 0 aromatic heterocycles. The van der Waals surface area contributed by atoms with E-state index >= 15 is 0 Å². The van der Waals surface area contributed by atoms with Crippen molar-refractivity contribution >= 4 is 5.91 Å². The van der Waals surface area contributed by atoms with E-state index in [4.69, 9.17) is 5.73 Å². The third-order valence-electron chi connectivity index (χ3n) is 6.97. The van der Waals surface area contributed by atoms with Gasteiger partial charge >= 0.3 is 0 Å². The SMILES string of the molecule is NC(=O)C(c1ccccc1)(c1ccccc1)C1CCN(CCc2ccc(O)c(CCO)c2)C1. The van der Waals surface area contributed by atoms with E-state index in [1.165, 1.54) is 0 Å². The number of rotatable bonds is 9. The van der Waals surface area contributed by atoms with Gasteiger partial charge in [0.15, 0.2) is 0 Å². The predicted octanol–water partition coefficient (Wildman–Crippen LogP) is 3.26. The second-order valence-electron chi connectivity index (χ2n) is 8.88. The van der Waals surface area contributed by atoms with Gasteiger partial charge < -0.3 is 20.8 Å². The molecule has 4 rings (SSSR count). The van der Waals surface area contributed by atoms with E-state index in [1.807, 2.05) is 72.8 Å². The van der Waals surface area contributed by atoms with Crippen LogP contribution in [0, 0.1) is 5.92 Å². The molecule has 0 saturated carbocycles. The van der Waals surface area contributed by atoms with E-state index in [-0.39, 0.29) is 24.2 Å². The number of aliphatic hydroxyl groups excluding tert-OH is 1. The molecule has 4 N–H and O–H groups in total. The number of nitrogens with two attached hydrogens (primary N) is 1. The highest BCUT2D eigenvalue weighted by Gasteiger charge is 2.49. The van der Waals surface area contributed by atoms with Crippen LogP contribution in [0.1, 0.15) is 28.7 Å². The summed E-state index contributed by atoms with van der Waals surface area (Å²) in [6, 6.07) is 25.5. The van der Waals surface area contributed by atoms with Crippen molar-refractivity contribution < 1.29 is 15.0 Å². The lowest BCUT2D eigenvalue weighted by molar-refractivity contribution is -0.123. The molecular weight excluding hydrogens is 412 g/mol. The second-order valence-corrected chi connectivity index (χ2v) is 8.88. The Balaban J connectivity index is 1.56. The molecule has 1 atom stereocenters. The maximum absolute atomic E-state index is 13.2. The zero-order chi connectivity index (χ0) is 23.3. The highest BCUT2D eigenvalue weighted by atomic mass is 16.3. The Labute approximate surface area is 195 Å². The maximum atomic E-state index is 13.2. The summed E-state index contributed by atoms with van der Waals surface area (Å²) in [5.41, 5.74) is 9.11. The summed E-state index contributed by atoms with van der Waals surface area (Å²) in [4.78, 5) is 15.6. The zero-order valence-electron chi connectivity index (χ0n) is 18.9. The van der Waals surface area contributed by atoms with Crippen molar-refractivity contribution in [3.05, 3.63) is 101 Å². The fraction of sp³-hybridized carbons (Fsp3) is 0.321. The van der Waals surface area contributed by atoms with Crippen LogP contribution in [-0.2, 0) is 23.1 Å². The van der Waals surface area contributed by atoms with Crippen LogP contribution in [0.5, 0.6) is 5.75 Å². The van der Waals surface area contributed by atoms with Crippen molar-refractivity contribution in [3.8, 4) is 5.75 Å². The van der Waals surface area contributed by atoms with Crippen LogP contribution in [0.2, 0.25) is 0 Å². The molecule has 1 saturated heterocycles. The molecule has 5 heteroatoms. The van der Waals surface area contributed by atoms with E-state index < -0.39 is 5.41 Å². The first-order valence-corrected chi connectivity index (χ1v) is 11.6. The third kappa shape index (κ3) is 4.65. The standard InChI is InChI=1S/C28H32N2O3/c29-27(33)28(23-7-3-1-4-8-23,24-9-5-2-6-10-24)25-14-17-30(20-25)16-13-21-11-12-26(32)22(19-21)15-18-31/h1-12,19,25,31-32H,13-18,20H2,(H2,29,33). The van der Waals surface area contributed by atoms with Crippen molar-refractivity contribution in [2.45, 2.75) is 24.7 Å². The first-order valence-electron chi connectivity index (χ1n) is 11.6. The average molecular weight is 445 g/mol. The molecule has 0 bridgehead atoms. The molecule has 0 aliphatic carbocycles. The molecule has 1 aliphatic rings. The van der Waals surface area contributed by atoms with Gasteiger partial charge in [-0.1, -0.05) is 72.8 Å². The fourth-order valence-corrected chi connectivity index (χ4v) is 5.32. The first-order chi connectivity index (χ1) is 16.1. The Hall–Kier alpha value is -3.15. The number of hydrogen-bond donors (Lipinski definition) is 3. The van der Waals surface area contributed by atoms with Gasteiger partial charge in [0.1, 0.15) is 11.2 Å². The van der Waals surface area contributed by atoms with Gasteiger partial charge in [-0.3, -0.25) is 4.79 Å². The summed E-state index contributed by atoms with van der Waals surface area (Å²) in [6.45, 7) is 2.56. The summed E-state index contributed by atoms with van der Waals surface area (Å²) in [7, 11) is 0. The molecule has 1 heterocycles. The van der Waals surface area contributed by atoms with Gasteiger partial charge in [0.25, 0.3) is 0 Å². The molecule has 1 aliphatic heterocycles. The van der Waals surface area contributed by atoms with Crippen LogP contribution in [0.15, 0.2) is 78.9 Å². The molecule has 33 heavy (non-hydrogen) atoms. The van der Waals surface area contributed by atoms with Crippen molar-refractivity contribution in [1.29, 1.82) is 0 Å². The van der Waals surface area contributed by atoms with E-state index in [2.05, 4.69) is 4.90 Å². The summed E-state index contributed by atoms with van der Waals surface area (Å²) < 4.78 is 0. The van der Waals surface area contributed by atoms with Crippen molar-refractivity contribution in [2.75, 3.05) is 26.2 Å². The number of amides is 1. The highest BCUT2D eigenvalue weighted by molar-refractivity contribution is 5.91. The van der Waals surface area contributed by atoms with Crippen molar-refractivity contribution in [3.63, 3.8) is 0 Å². The van der Waals surface area contributed by atoms with Crippen molar-refractivity contribution in [1.82, 2.24) is 4.90 Å². The molecule has 5 nitrogen and oxygen atoms in total. The van der Waals surface area contributed by atoms with Gasteiger partial charge in [0, 0.05) is 19.7 Å². The molecule has 0 radical (unpaired) electrons. The number of hydrogen-bond acceptors (Lipinski definition) is 4. The van der Waals surface area contributed by atoms with Gasteiger partial charge in [0.2, 0.25) is 5.91 Å². The lowest BCUT2D eigenvalue weighted by Crippen LogP contribution is -2.49. The Morgan fingerprint density at radius 3 is 2.18 bits per heavy atom. The van der Waals surface area contributed by atoms with Gasteiger partial charge in [-0.2, -0.15) is 0 Å². The number of aromatic hydroxyl groups is 1. The van der Waals surface area contributed by atoms with Crippen LogP contribution in [0.25, 0.3) is 0 Å². The number of nitrogens with zero attached hydrogens (tertiary/aromatic N) is 1. The minimum absolute atomic E-state index is 0.0129. The molecular formula is C28H32N2O3. The molecule has 172 valence electrons. The predicted molar refractivity (Wildman–Crippen MR) is 130 cm³/mol. The summed E-state index contributed by atoms with van der Waals surface area (Å²) in [5, 5.41) is 19.2. The second kappa shape index (κ2) is 10.2. The molecule has 1 fully saturated rings. The van der Waals surface area contributed by atoms with Gasteiger partial charge in [-0.05, 0) is 60.0 Å². The topological polar surface area (TPSA) is 86.8 Å². The van der Waals surface area contributed by atoms with Crippen LogP contribution >= 0.6 is 0 Å². The van der Waals surface area contributed by atoms with Gasteiger partial charge in [-0.15, -0.1) is 0 Å². The van der Waals surface area contributed by atoms with Gasteiger partial charge in [-0.25, -0.2) is 0 Å². The Morgan fingerprint density at radius 2 is 1.61 bits per heavy atom. The Morgan fingerprint density at radius 1 is 0.970 bits per heavy atom. The van der Waals surface area contributed by atoms with Crippen LogP contribution in [0.3, 0.4) is 0 Å². The third-order valence-corrected chi connectivity index (χ3v) is 6.97. The first kappa shape index (κ1) is 23.0. The minimum atomic E-state index is -0.871. The maximum Gasteiger partial charge on any atom is 0.232 e. The smallest absolute Gasteiger partial charge is 0.232 e. The lowest BCUT2D eigenvalue weighted by Gasteiger charge is -2.37. The summed E-state index contributed by atoms with van der Waals surface area (Å²) in [5.74, 6) is -0.00509. The number of likely N-dealkylation sites (tertiary alicyclic amines) is 1. The number of phenolic OH excluding ortho intramolecular Hbond substituents is 1. The van der Waals surface area contributed by atoms with Crippen LogP contribution in [-0.4, -0.2) is 47.3 Å². The number of carbonyl (C=O) groups is 1. The van der Waals surface area contributed by atoms with Crippen LogP contribution < -0.4 is 5.73 Å². The summed E-state index contributed by atoms with van der Waals surface area (Å²) in [6.07, 6.45) is 2.17. The van der Waals surface area contributed by atoms with E-state index in [0.29, 0.717) is 6.42 Å². The number of aliphatic hydroxyl groups is 1. The van der Waals surface area contributed by atoms with E-state index in [9.17, 15) is 15.0 Å². The number of carbonyl (C=O) groups excluding carboxylic acids is 1. The normalized spacial score (nSPS) is 16.7.